The van der Waals surface area contributed by atoms with E-state index in [2.05, 4.69) is 5.32 Å². The van der Waals surface area contributed by atoms with Gasteiger partial charge in [-0.05, 0) is 38.5 Å². The van der Waals surface area contributed by atoms with Crippen molar-refractivity contribution < 1.29 is 28.5 Å². The summed E-state index contributed by atoms with van der Waals surface area (Å²) in [5, 5.41) is 3.40. The zero-order chi connectivity index (χ0) is 24.0. The van der Waals surface area contributed by atoms with Gasteiger partial charge in [-0.2, -0.15) is 0 Å². The van der Waals surface area contributed by atoms with Gasteiger partial charge in [0.2, 0.25) is 0 Å². The number of nitrogens with one attached hydrogen (secondary N) is 1. The summed E-state index contributed by atoms with van der Waals surface area (Å²) in [4.78, 5) is 14.3. The van der Waals surface area contributed by atoms with Crippen molar-refractivity contribution in [2.45, 2.75) is 45.1 Å². The van der Waals surface area contributed by atoms with E-state index in [1.807, 2.05) is 69.3 Å². The Morgan fingerprint density at radius 2 is 1.91 bits per heavy atom. The normalized spacial score (nSPS) is 20.0. The van der Waals surface area contributed by atoms with Gasteiger partial charge in [-0.3, -0.25) is 4.90 Å². The van der Waals surface area contributed by atoms with Crippen LogP contribution in [0.1, 0.15) is 26.3 Å². The Morgan fingerprint density at radius 1 is 1.09 bits per heavy atom. The molecule has 0 aliphatic carbocycles. The molecule has 0 aromatic heterocycles. The fraction of sp³-hybridized carbons (Fsp3) is 0.500. The number of carbonyl (C=O) groups is 1. The Labute approximate surface area is 201 Å². The van der Waals surface area contributed by atoms with E-state index in [1.165, 1.54) is 0 Å². The predicted octanol–water partition coefficient (Wildman–Crippen LogP) is 3.63. The van der Waals surface area contributed by atoms with E-state index >= 15 is 0 Å². The zero-order valence-corrected chi connectivity index (χ0v) is 20.1. The van der Waals surface area contributed by atoms with Gasteiger partial charge in [0.1, 0.15) is 30.7 Å². The van der Waals surface area contributed by atoms with Crippen LogP contribution < -0.4 is 19.5 Å². The van der Waals surface area contributed by atoms with Crippen molar-refractivity contribution in [3.63, 3.8) is 0 Å². The molecule has 2 aliphatic heterocycles. The van der Waals surface area contributed by atoms with Gasteiger partial charge in [0.05, 0.1) is 19.3 Å². The van der Waals surface area contributed by atoms with Gasteiger partial charge in [-0.15, -0.1) is 0 Å². The molecule has 1 unspecified atom stereocenters. The maximum atomic E-state index is 12.6. The van der Waals surface area contributed by atoms with Crippen molar-refractivity contribution in [3.8, 4) is 17.2 Å². The van der Waals surface area contributed by atoms with Crippen LogP contribution in [-0.2, 0) is 16.1 Å². The van der Waals surface area contributed by atoms with Gasteiger partial charge in [-0.1, -0.05) is 30.3 Å². The van der Waals surface area contributed by atoms with Gasteiger partial charge in [-0.25, -0.2) is 4.79 Å². The van der Waals surface area contributed by atoms with Crippen LogP contribution in [0.25, 0.3) is 0 Å². The van der Waals surface area contributed by atoms with Crippen LogP contribution >= 0.6 is 0 Å². The molecule has 34 heavy (non-hydrogen) atoms. The molecule has 0 bridgehead atoms. The van der Waals surface area contributed by atoms with Crippen molar-refractivity contribution in [3.05, 3.63) is 54.1 Å². The first-order valence-electron chi connectivity index (χ1n) is 11.8. The average molecular weight is 471 g/mol. The number of benzene rings is 2. The average Bonchev–Trinajstić information content (AvgIpc) is 2.82. The number of carbonyl (C=O) groups excluding carboxylic acids is 1. The molecule has 1 amide bonds. The molecular formula is C26H34N2O6. The van der Waals surface area contributed by atoms with Gasteiger partial charge in [0, 0.05) is 25.7 Å². The highest BCUT2D eigenvalue weighted by molar-refractivity contribution is 5.68. The molecule has 4 rings (SSSR count). The lowest BCUT2D eigenvalue weighted by Crippen LogP contribution is -2.55. The standard InChI is InChI=1S/C26H34N2O6/c1-26(2,3)34-25(29)28-11-12-30-17-20(28)14-27-15-22-18-32-23-10-9-21(13-24(23)33-22)31-16-19-7-5-4-6-8-19/h4-10,13,20,22,27H,11-12,14-18H2,1-3H3/t20?,22-/m1/s1. The number of hydrogen-bond acceptors (Lipinski definition) is 7. The molecule has 8 heteroatoms. The fourth-order valence-electron chi connectivity index (χ4n) is 3.82. The molecule has 0 spiro atoms. The minimum atomic E-state index is -0.530. The molecule has 8 nitrogen and oxygen atoms in total. The first kappa shape index (κ1) is 24.2. The number of amides is 1. The maximum absolute atomic E-state index is 12.6. The van der Waals surface area contributed by atoms with Gasteiger partial charge >= 0.3 is 6.09 Å². The summed E-state index contributed by atoms with van der Waals surface area (Å²) in [7, 11) is 0. The largest absolute Gasteiger partial charge is 0.489 e. The number of rotatable bonds is 7. The quantitative estimate of drug-likeness (QED) is 0.662. The van der Waals surface area contributed by atoms with Crippen molar-refractivity contribution in [2.75, 3.05) is 39.5 Å². The minimum absolute atomic E-state index is 0.0987. The van der Waals surface area contributed by atoms with Gasteiger partial charge < -0.3 is 29.0 Å². The molecule has 1 fully saturated rings. The van der Waals surface area contributed by atoms with E-state index in [9.17, 15) is 4.79 Å². The van der Waals surface area contributed by atoms with E-state index < -0.39 is 5.60 Å². The van der Waals surface area contributed by atoms with Crippen molar-refractivity contribution >= 4 is 6.09 Å². The predicted molar refractivity (Wildman–Crippen MR) is 128 cm³/mol. The molecule has 2 heterocycles. The summed E-state index contributed by atoms with van der Waals surface area (Å²) in [5.41, 5.74) is 0.573. The highest BCUT2D eigenvalue weighted by atomic mass is 16.6. The maximum Gasteiger partial charge on any atom is 0.410 e. The Morgan fingerprint density at radius 3 is 2.71 bits per heavy atom. The number of fused-ring (bicyclic) bond motifs is 1. The molecule has 2 atom stereocenters. The molecule has 1 N–H and O–H groups in total. The highest BCUT2D eigenvalue weighted by Crippen LogP contribution is 2.35. The van der Waals surface area contributed by atoms with Crippen molar-refractivity contribution in [1.82, 2.24) is 10.2 Å². The van der Waals surface area contributed by atoms with Crippen LogP contribution in [0.15, 0.2) is 48.5 Å². The Hall–Kier alpha value is -2.97. The number of nitrogens with zero attached hydrogens (tertiary/aromatic N) is 1. The van der Waals surface area contributed by atoms with E-state index in [0.29, 0.717) is 57.6 Å². The Bertz CT molecular complexity index is 946. The van der Waals surface area contributed by atoms with Crippen LogP contribution in [0.2, 0.25) is 0 Å². The fourth-order valence-corrected chi connectivity index (χ4v) is 3.82. The van der Waals surface area contributed by atoms with E-state index in [-0.39, 0.29) is 18.2 Å². The first-order chi connectivity index (χ1) is 16.4. The number of morpholine rings is 1. The molecule has 1 saturated heterocycles. The zero-order valence-electron chi connectivity index (χ0n) is 20.1. The smallest absolute Gasteiger partial charge is 0.410 e. The summed E-state index contributed by atoms with van der Waals surface area (Å²) in [6.07, 6.45) is -0.465. The second-order valence-corrected chi connectivity index (χ2v) is 9.49. The van der Waals surface area contributed by atoms with E-state index in [1.54, 1.807) is 4.90 Å². The van der Waals surface area contributed by atoms with Crippen LogP contribution in [-0.4, -0.2) is 68.2 Å². The lowest BCUT2D eigenvalue weighted by molar-refractivity contribution is -0.0322. The van der Waals surface area contributed by atoms with Crippen LogP contribution in [0.4, 0.5) is 4.79 Å². The summed E-state index contributed by atoms with van der Waals surface area (Å²) >= 11 is 0. The second kappa shape index (κ2) is 11.0. The summed E-state index contributed by atoms with van der Waals surface area (Å²) in [6.45, 7) is 9.20. The molecule has 2 aromatic rings. The van der Waals surface area contributed by atoms with Crippen LogP contribution in [0.5, 0.6) is 17.2 Å². The second-order valence-electron chi connectivity index (χ2n) is 9.49. The van der Waals surface area contributed by atoms with Crippen LogP contribution in [0.3, 0.4) is 0 Å². The third-order valence-corrected chi connectivity index (χ3v) is 5.49. The Balaban J connectivity index is 1.27. The van der Waals surface area contributed by atoms with Crippen LogP contribution in [0, 0.1) is 0 Å². The highest BCUT2D eigenvalue weighted by Gasteiger charge is 2.31. The number of hydrogen-bond donors (Lipinski definition) is 1. The topological polar surface area (TPSA) is 78.5 Å². The minimum Gasteiger partial charge on any atom is -0.489 e. The van der Waals surface area contributed by atoms with Crippen molar-refractivity contribution in [2.24, 2.45) is 0 Å². The SMILES string of the molecule is CC(C)(C)OC(=O)N1CCOCC1CNC[C@@H]1COc2ccc(OCc3ccccc3)cc2O1. The number of ether oxygens (including phenoxy) is 5. The third-order valence-electron chi connectivity index (χ3n) is 5.49. The third kappa shape index (κ3) is 6.77. The first-order valence-corrected chi connectivity index (χ1v) is 11.8. The monoisotopic (exact) mass is 470 g/mol. The summed E-state index contributed by atoms with van der Waals surface area (Å²) in [5.74, 6) is 2.10. The molecule has 2 aliphatic rings. The van der Waals surface area contributed by atoms with E-state index in [0.717, 1.165) is 11.3 Å². The summed E-state index contributed by atoms with van der Waals surface area (Å²) < 4.78 is 29.1. The lowest BCUT2D eigenvalue weighted by atomic mass is 10.2. The van der Waals surface area contributed by atoms with Crippen molar-refractivity contribution in [1.29, 1.82) is 0 Å². The molecule has 0 saturated carbocycles. The summed E-state index contributed by atoms with van der Waals surface area (Å²) in [6, 6.07) is 15.6. The van der Waals surface area contributed by atoms with Gasteiger partial charge in [0.15, 0.2) is 11.5 Å². The molecular weight excluding hydrogens is 436 g/mol. The van der Waals surface area contributed by atoms with E-state index in [4.69, 9.17) is 23.7 Å². The molecule has 184 valence electrons. The molecule has 2 aromatic carbocycles. The van der Waals surface area contributed by atoms with Gasteiger partial charge in [0.25, 0.3) is 0 Å². The Kier molecular flexibility index (Phi) is 7.80. The molecule has 0 radical (unpaired) electrons. The lowest BCUT2D eigenvalue weighted by Gasteiger charge is -2.37.